The molecule has 3 N–H and O–H groups in total. The lowest BCUT2D eigenvalue weighted by Gasteiger charge is -2.14. The molecule has 1 aliphatic carbocycles. The molecule has 1 saturated carbocycles. The molecular weight excluding hydrogens is 244 g/mol. The van der Waals surface area contributed by atoms with E-state index in [0.717, 1.165) is 12.3 Å². The predicted molar refractivity (Wildman–Crippen MR) is 71.2 cm³/mol. The van der Waals surface area contributed by atoms with Gasteiger partial charge in [-0.2, -0.15) is 0 Å². The smallest absolute Gasteiger partial charge is 0.253 e. The first-order chi connectivity index (χ1) is 9.13. The maximum Gasteiger partial charge on any atom is 0.253 e. The number of nitrogen functional groups attached to an aromatic ring is 1. The van der Waals surface area contributed by atoms with Crippen LogP contribution in [0.3, 0.4) is 0 Å². The van der Waals surface area contributed by atoms with E-state index in [2.05, 4.69) is 5.32 Å². The summed E-state index contributed by atoms with van der Waals surface area (Å²) in [7, 11) is 0. The first-order valence-corrected chi connectivity index (χ1v) is 6.63. The van der Waals surface area contributed by atoms with Crippen molar-refractivity contribution in [2.45, 2.75) is 32.2 Å². The molecule has 1 aromatic rings. The fourth-order valence-electron chi connectivity index (χ4n) is 2.37. The lowest BCUT2D eigenvalue weighted by molar-refractivity contribution is 0.0938. The number of rotatable bonds is 4. The standard InChI is InChI=1S/C14H18N2O3/c1-8(4-9-2-3-9)16-14(17)10-5-12-13(6-11(10)15)19-7-18-12/h5-6,8-9H,2-4,7,15H2,1H3,(H,16,17). The maximum absolute atomic E-state index is 12.2. The van der Waals surface area contributed by atoms with Crippen molar-refractivity contribution in [2.75, 3.05) is 12.5 Å². The van der Waals surface area contributed by atoms with E-state index >= 15 is 0 Å². The minimum absolute atomic E-state index is 0.149. The number of nitrogens with two attached hydrogens (primary N) is 1. The Bertz CT molecular complexity index is 512. The van der Waals surface area contributed by atoms with Crippen molar-refractivity contribution in [1.29, 1.82) is 0 Å². The summed E-state index contributed by atoms with van der Waals surface area (Å²) in [4.78, 5) is 12.2. The minimum atomic E-state index is -0.149. The number of fused-ring (bicyclic) bond motifs is 1. The third-order valence-electron chi connectivity index (χ3n) is 3.55. The molecule has 1 atom stereocenters. The average molecular weight is 262 g/mol. The number of hydrogen-bond donors (Lipinski definition) is 2. The highest BCUT2D eigenvalue weighted by molar-refractivity contribution is 6.00. The van der Waals surface area contributed by atoms with Crippen molar-refractivity contribution in [3.63, 3.8) is 0 Å². The van der Waals surface area contributed by atoms with Gasteiger partial charge in [0.1, 0.15) is 0 Å². The second-order valence-electron chi connectivity index (χ2n) is 5.35. The fourth-order valence-corrected chi connectivity index (χ4v) is 2.37. The van der Waals surface area contributed by atoms with Crippen LogP contribution in [-0.4, -0.2) is 18.7 Å². The molecule has 1 unspecified atom stereocenters. The minimum Gasteiger partial charge on any atom is -0.454 e. The molecule has 1 heterocycles. The second-order valence-corrected chi connectivity index (χ2v) is 5.35. The van der Waals surface area contributed by atoms with Crippen LogP contribution < -0.4 is 20.5 Å². The van der Waals surface area contributed by atoms with E-state index in [4.69, 9.17) is 15.2 Å². The topological polar surface area (TPSA) is 73.6 Å². The molecule has 5 nitrogen and oxygen atoms in total. The molecule has 0 aromatic heterocycles. The predicted octanol–water partition coefficient (Wildman–Crippen LogP) is 1.92. The van der Waals surface area contributed by atoms with Crippen molar-refractivity contribution in [1.82, 2.24) is 5.32 Å². The van der Waals surface area contributed by atoms with Gasteiger partial charge in [0.15, 0.2) is 11.5 Å². The molecule has 102 valence electrons. The largest absolute Gasteiger partial charge is 0.454 e. The van der Waals surface area contributed by atoms with Crippen LogP contribution in [-0.2, 0) is 0 Å². The zero-order valence-corrected chi connectivity index (χ0v) is 10.9. The molecule has 1 aromatic carbocycles. The van der Waals surface area contributed by atoms with E-state index in [1.54, 1.807) is 12.1 Å². The first kappa shape index (κ1) is 12.1. The van der Waals surface area contributed by atoms with Crippen molar-refractivity contribution < 1.29 is 14.3 Å². The third kappa shape index (κ3) is 2.59. The molecule has 1 amide bonds. The Balaban J connectivity index is 1.71. The highest BCUT2D eigenvalue weighted by Crippen LogP contribution is 2.36. The van der Waals surface area contributed by atoms with Crippen LogP contribution in [0.5, 0.6) is 11.5 Å². The zero-order valence-electron chi connectivity index (χ0n) is 10.9. The Kier molecular flexibility index (Phi) is 2.97. The van der Waals surface area contributed by atoms with Gasteiger partial charge in [-0.15, -0.1) is 0 Å². The van der Waals surface area contributed by atoms with E-state index in [9.17, 15) is 4.79 Å². The summed E-state index contributed by atoms with van der Waals surface area (Å²) in [5.41, 5.74) is 6.76. The van der Waals surface area contributed by atoms with Crippen LogP contribution in [0.4, 0.5) is 5.69 Å². The fraction of sp³-hybridized carbons (Fsp3) is 0.500. The Labute approximate surface area is 112 Å². The number of anilines is 1. The van der Waals surface area contributed by atoms with Gasteiger partial charge in [0.2, 0.25) is 6.79 Å². The molecular formula is C14H18N2O3. The monoisotopic (exact) mass is 262 g/mol. The van der Waals surface area contributed by atoms with Crippen LogP contribution in [0.1, 0.15) is 36.5 Å². The Morgan fingerprint density at radius 3 is 2.79 bits per heavy atom. The van der Waals surface area contributed by atoms with Crippen LogP contribution in [0, 0.1) is 5.92 Å². The molecule has 0 saturated heterocycles. The molecule has 0 radical (unpaired) electrons. The van der Waals surface area contributed by atoms with Crippen molar-refractivity contribution in [2.24, 2.45) is 5.92 Å². The zero-order chi connectivity index (χ0) is 13.4. The van der Waals surface area contributed by atoms with Gasteiger partial charge >= 0.3 is 0 Å². The highest BCUT2D eigenvalue weighted by atomic mass is 16.7. The van der Waals surface area contributed by atoms with Gasteiger partial charge in [-0.05, 0) is 25.3 Å². The van der Waals surface area contributed by atoms with Gasteiger partial charge in [0, 0.05) is 17.8 Å². The SMILES string of the molecule is CC(CC1CC1)NC(=O)c1cc2c(cc1N)OCO2. The Morgan fingerprint density at radius 2 is 2.11 bits per heavy atom. The van der Waals surface area contributed by atoms with E-state index in [1.807, 2.05) is 6.92 Å². The average Bonchev–Trinajstić information content (AvgIpc) is 3.04. The lowest BCUT2D eigenvalue weighted by Crippen LogP contribution is -2.33. The molecule has 0 spiro atoms. The number of benzene rings is 1. The number of hydrogen-bond acceptors (Lipinski definition) is 4. The number of ether oxygens (including phenoxy) is 2. The van der Waals surface area contributed by atoms with Crippen LogP contribution >= 0.6 is 0 Å². The molecule has 19 heavy (non-hydrogen) atoms. The lowest BCUT2D eigenvalue weighted by atomic mass is 10.1. The molecule has 0 bridgehead atoms. The van der Waals surface area contributed by atoms with Crippen LogP contribution in [0.15, 0.2) is 12.1 Å². The van der Waals surface area contributed by atoms with Gasteiger partial charge in [-0.3, -0.25) is 4.79 Å². The van der Waals surface area contributed by atoms with E-state index in [-0.39, 0.29) is 18.7 Å². The van der Waals surface area contributed by atoms with Crippen LogP contribution in [0.25, 0.3) is 0 Å². The quantitative estimate of drug-likeness (QED) is 0.813. The Morgan fingerprint density at radius 1 is 1.42 bits per heavy atom. The number of carbonyl (C=O) groups is 1. The van der Waals surface area contributed by atoms with Gasteiger partial charge in [0.05, 0.1) is 5.56 Å². The summed E-state index contributed by atoms with van der Waals surface area (Å²) < 4.78 is 10.5. The van der Waals surface area contributed by atoms with Crippen molar-refractivity contribution in [3.8, 4) is 11.5 Å². The van der Waals surface area contributed by atoms with E-state index in [1.165, 1.54) is 12.8 Å². The maximum atomic E-state index is 12.2. The van der Waals surface area contributed by atoms with Crippen molar-refractivity contribution in [3.05, 3.63) is 17.7 Å². The first-order valence-electron chi connectivity index (χ1n) is 6.63. The number of carbonyl (C=O) groups excluding carboxylic acids is 1. The summed E-state index contributed by atoms with van der Waals surface area (Å²) >= 11 is 0. The second kappa shape index (κ2) is 4.64. The number of amides is 1. The van der Waals surface area contributed by atoms with E-state index < -0.39 is 0 Å². The summed E-state index contributed by atoms with van der Waals surface area (Å²) in [6.45, 7) is 2.21. The summed E-state index contributed by atoms with van der Waals surface area (Å²) in [6, 6.07) is 3.46. The molecule has 1 aliphatic heterocycles. The summed E-state index contributed by atoms with van der Waals surface area (Å²) in [5.74, 6) is 1.81. The van der Waals surface area contributed by atoms with E-state index in [0.29, 0.717) is 22.7 Å². The normalized spacial score (nSPS) is 18.2. The van der Waals surface area contributed by atoms with Gasteiger partial charge in [-0.1, -0.05) is 12.8 Å². The molecule has 2 aliphatic rings. The summed E-state index contributed by atoms with van der Waals surface area (Å²) in [5, 5.41) is 2.98. The molecule has 1 fully saturated rings. The Hall–Kier alpha value is -1.91. The molecule has 3 rings (SSSR count). The summed E-state index contributed by atoms with van der Waals surface area (Å²) in [6.07, 6.45) is 3.61. The highest BCUT2D eigenvalue weighted by Gasteiger charge is 2.25. The van der Waals surface area contributed by atoms with Crippen molar-refractivity contribution >= 4 is 11.6 Å². The van der Waals surface area contributed by atoms with Crippen LogP contribution in [0.2, 0.25) is 0 Å². The van der Waals surface area contributed by atoms with Gasteiger partial charge in [-0.25, -0.2) is 0 Å². The third-order valence-corrected chi connectivity index (χ3v) is 3.55. The van der Waals surface area contributed by atoms with Gasteiger partial charge < -0.3 is 20.5 Å². The number of nitrogens with one attached hydrogen (secondary N) is 1. The molecule has 5 heteroatoms. The van der Waals surface area contributed by atoms with Gasteiger partial charge in [0.25, 0.3) is 5.91 Å².